The van der Waals surface area contributed by atoms with Crippen molar-refractivity contribution >= 4 is 17.4 Å². The Morgan fingerprint density at radius 1 is 1.35 bits per heavy atom. The van der Waals surface area contributed by atoms with Crippen molar-refractivity contribution in [1.29, 1.82) is 0 Å². The van der Waals surface area contributed by atoms with Gasteiger partial charge in [-0.3, -0.25) is 9.59 Å². The molecule has 1 aromatic rings. The van der Waals surface area contributed by atoms with Gasteiger partial charge in [0.2, 0.25) is 5.91 Å². The van der Waals surface area contributed by atoms with Gasteiger partial charge >= 0.3 is 0 Å². The number of ketones is 1. The molecule has 0 N–H and O–H groups in total. The van der Waals surface area contributed by atoms with Gasteiger partial charge in [0.15, 0.2) is 11.6 Å². The largest absolute Gasteiger partial charge is 0.494 e. The summed E-state index contributed by atoms with van der Waals surface area (Å²) in [6.07, 6.45) is 0.255. The van der Waals surface area contributed by atoms with E-state index < -0.39 is 5.82 Å². The fourth-order valence-corrected chi connectivity index (χ4v) is 1.80. The first-order valence-electron chi connectivity index (χ1n) is 5.27. The first-order chi connectivity index (χ1) is 8.11. The smallest absolute Gasteiger partial charge is 0.234 e. The van der Waals surface area contributed by atoms with Crippen LogP contribution < -0.4 is 9.64 Å². The van der Waals surface area contributed by atoms with Crippen LogP contribution in [0, 0.1) is 5.82 Å². The highest BCUT2D eigenvalue weighted by Crippen LogP contribution is 2.26. The third kappa shape index (κ3) is 2.27. The summed E-state index contributed by atoms with van der Waals surface area (Å²) in [6, 6.07) is 4.21. The monoisotopic (exact) mass is 237 g/mol. The third-order valence-corrected chi connectivity index (χ3v) is 2.71. The molecule has 90 valence electrons. The lowest BCUT2D eigenvalue weighted by Gasteiger charge is -2.26. The topological polar surface area (TPSA) is 46.6 Å². The molecule has 1 aliphatic rings. The zero-order chi connectivity index (χ0) is 12.4. The number of carbonyl (C=O) groups is 2. The number of benzene rings is 1. The van der Waals surface area contributed by atoms with E-state index in [4.69, 9.17) is 4.74 Å². The Hall–Kier alpha value is -1.91. The van der Waals surface area contributed by atoms with Crippen molar-refractivity contribution in [3.05, 3.63) is 24.0 Å². The molecule has 0 radical (unpaired) electrons. The number of hydrogen-bond donors (Lipinski definition) is 0. The first kappa shape index (κ1) is 11.6. The number of methoxy groups -OCH3 is 1. The fraction of sp³-hybridized carbons (Fsp3) is 0.333. The summed E-state index contributed by atoms with van der Waals surface area (Å²) in [5.41, 5.74) is 0.556. The normalized spacial score (nSPS) is 16.2. The van der Waals surface area contributed by atoms with Gasteiger partial charge < -0.3 is 9.64 Å². The minimum atomic E-state index is -0.475. The molecule has 17 heavy (non-hydrogen) atoms. The van der Waals surface area contributed by atoms with Gasteiger partial charge in [0.05, 0.1) is 13.5 Å². The molecule has 0 spiro atoms. The number of nitrogens with zero attached hydrogens (tertiary/aromatic N) is 1. The fourth-order valence-electron chi connectivity index (χ4n) is 1.80. The molecule has 5 heteroatoms. The molecule has 1 aromatic carbocycles. The van der Waals surface area contributed by atoms with E-state index in [1.54, 1.807) is 0 Å². The number of rotatable bonds is 2. The standard InChI is InChI=1S/C12H12FNO3/c1-17-11-6-8(2-3-10(11)13)14-5-4-9(15)7-12(14)16/h2-3,6H,4-5,7H2,1H3. The predicted molar refractivity (Wildman–Crippen MR) is 59.5 cm³/mol. The van der Waals surface area contributed by atoms with Crippen LogP contribution in [0.25, 0.3) is 0 Å². The number of carbonyl (C=O) groups excluding carboxylic acids is 2. The van der Waals surface area contributed by atoms with Crippen LogP contribution in [0.5, 0.6) is 5.75 Å². The highest BCUT2D eigenvalue weighted by molar-refractivity contribution is 6.08. The zero-order valence-electron chi connectivity index (χ0n) is 9.40. The summed E-state index contributed by atoms with van der Waals surface area (Å²) in [6.45, 7) is 0.340. The quantitative estimate of drug-likeness (QED) is 0.733. The molecule has 0 atom stereocenters. The molecular formula is C12H12FNO3. The van der Waals surface area contributed by atoms with Crippen LogP contribution in [0.15, 0.2) is 18.2 Å². The van der Waals surface area contributed by atoms with Crippen molar-refractivity contribution in [2.45, 2.75) is 12.8 Å². The van der Waals surface area contributed by atoms with Crippen LogP contribution in [0.1, 0.15) is 12.8 Å². The summed E-state index contributed by atoms with van der Waals surface area (Å²) in [7, 11) is 1.36. The first-order valence-corrected chi connectivity index (χ1v) is 5.27. The molecule has 0 unspecified atom stereocenters. The van der Waals surface area contributed by atoms with Crippen LogP contribution in [-0.2, 0) is 9.59 Å². The molecule has 0 bridgehead atoms. The number of Topliss-reactive ketones (excluding diaryl/α,β-unsaturated/α-hetero) is 1. The minimum Gasteiger partial charge on any atom is -0.494 e. The van der Waals surface area contributed by atoms with Gasteiger partial charge in [0.1, 0.15) is 5.78 Å². The van der Waals surface area contributed by atoms with E-state index in [1.807, 2.05) is 0 Å². The van der Waals surface area contributed by atoms with E-state index >= 15 is 0 Å². The van der Waals surface area contributed by atoms with Crippen LogP contribution in [-0.4, -0.2) is 25.3 Å². The Labute approximate surface area is 98.0 Å². The van der Waals surface area contributed by atoms with E-state index in [-0.39, 0.29) is 23.9 Å². The zero-order valence-corrected chi connectivity index (χ0v) is 9.40. The number of ether oxygens (including phenoxy) is 1. The molecule has 1 heterocycles. The maximum absolute atomic E-state index is 13.2. The molecule has 1 fully saturated rings. The molecule has 2 rings (SSSR count). The molecule has 0 aromatic heterocycles. The van der Waals surface area contributed by atoms with Crippen LogP contribution in [0.2, 0.25) is 0 Å². The number of halogens is 1. The van der Waals surface area contributed by atoms with Gasteiger partial charge in [-0.15, -0.1) is 0 Å². The van der Waals surface area contributed by atoms with Gasteiger partial charge in [0.25, 0.3) is 0 Å². The second-order valence-corrected chi connectivity index (χ2v) is 3.83. The highest BCUT2D eigenvalue weighted by Gasteiger charge is 2.25. The maximum Gasteiger partial charge on any atom is 0.234 e. The van der Waals surface area contributed by atoms with Crippen molar-refractivity contribution in [3.63, 3.8) is 0 Å². The SMILES string of the molecule is COc1cc(N2CCC(=O)CC2=O)ccc1F. The average molecular weight is 237 g/mol. The summed E-state index contributed by atoms with van der Waals surface area (Å²) < 4.78 is 18.1. The maximum atomic E-state index is 13.2. The Kier molecular flexibility index (Phi) is 3.08. The van der Waals surface area contributed by atoms with Crippen molar-refractivity contribution in [1.82, 2.24) is 0 Å². The van der Waals surface area contributed by atoms with Gasteiger partial charge in [-0.1, -0.05) is 0 Å². The predicted octanol–water partition coefficient (Wildman–Crippen LogP) is 1.53. The van der Waals surface area contributed by atoms with Gasteiger partial charge in [-0.05, 0) is 12.1 Å². The Morgan fingerprint density at radius 2 is 2.12 bits per heavy atom. The number of amides is 1. The number of hydrogen-bond acceptors (Lipinski definition) is 3. The van der Waals surface area contributed by atoms with Crippen LogP contribution in [0.3, 0.4) is 0 Å². The Bertz CT molecular complexity index is 473. The van der Waals surface area contributed by atoms with Gasteiger partial charge in [-0.2, -0.15) is 0 Å². The van der Waals surface area contributed by atoms with Crippen molar-refractivity contribution in [3.8, 4) is 5.75 Å². The summed E-state index contributed by atoms with van der Waals surface area (Å²) in [4.78, 5) is 24.2. The van der Waals surface area contributed by atoms with E-state index in [1.165, 1.54) is 30.2 Å². The summed E-state index contributed by atoms with van der Waals surface area (Å²) in [5, 5.41) is 0. The Balaban J connectivity index is 2.28. The second kappa shape index (κ2) is 4.53. The molecule has 4 nitrogen and oxygen atoms in total. The molecule has 0 saturated carbocycles. The number of anilines is 1. The van der Waals surface area contributed by atoms with E-state index in [0.717, 1.165) is 0 Å². The molecular weight excluding hydrogens is 225 g/mol. The highest BCUT2D eigenvalue weighted by atomic mass is 19.1. The van der Waals surface area contributed by atoms with E-state index in [2.05, 4.69) is 0 Å². The lowest BCUT2D eigenvalue weighted by atomic mass is 10.1. The Morgan fingerprint density at radius 3 is 2.76 bits per heavy atom. The molecule has 1 amide bonds. The van der Waals surface area contributed by atoms with Crippen molar-refractivity contribution in [2.75, 3.05) is 18.6 Å². The van der Waals surface area contributed by atoms with Crippen molar-refractivity contribution < 1.29 is 18.7 Å². The molecule has 1 saturated heterocycles. The lowest BCUT2D eigenvalue weighted by molar-refractivity contribution is -0.128. The van der Waals surface area contributed by atoms with Gasteiger partial charge in [0, 0.05) is 24.7 Å². The summed E-state index contributed by atoms with van der Waals surface area (Å²) >= 11 is 0. The average Bonchev–Trinajstić information content (AvgIpc) is 2.30. The third-order valence-electron chi connectivity index (χ3n) is 2.71. The van der Waals surface area contributed by atoms with Crippen LogP contribution in [0.4, 0.5) is 10.1 Å². The van der Waals surface area contributed by atoms with E-state index in [9.17, 15) is 14.0 Å². The van der Waals surface area contributed by atoms with Crippen LogP contribution >= 0.6 is 0 Å². The molecule has 1 aliphatic heterocycles. The summed E-state index contributed by atoms with van der Waals surface area (Å²) in [5.74, 6) is -0.695. The minimum absolute atomic E-state index is 0.0553. The van der Waals surface area contributed by atoms with E-state index in [0.29, 0.717) is 18.7 Å². The molecule has 0 aliphatic carbocycles. The second-order valence-electron chi connectivity index (χ2n) is 3.83. The van der Waals surface area contributed by atoms with Crippen molar-refractivity contribution in [2.24, 2.45) is 0 Å². The number of piperidine rings is 1. The van der Waals surface area contributed by atoms with Gasteiger partial charge in [-0.25, -0.2) is 4.39 Å². The lowest BCUT2D eigenvalue weighted by Crippen LogP contribution is -2.39.